The minimum absolute atomic E-state index is 0.0356. The maximum atomic E-state index is 14.0. The Labute approximate surface area is 136 Å². The van der Waals surface area contributed by atoms with Gasteiger partial charge < -0.3 is 10.5 Å². The molecule has 2 rings (SSSR count). The molecule has 1 aromatic rings. The monoisotopic (exact) mass is 400 g/mol. The molecular weight excluding hydrogens is 387 g/mol. The molecule has 118 valence electrons. The molecule has 1 aromatic carbocycles. The van der Waals surface area contributed by atoms with E-state index in [2.05, 4.69) is 20.7 Å². The highest BCUT2D eigenvalue weighted by Gasteiger charge is 2.24. The van der Waals surface area contributed by atoms with Gasteiger partial charge in [0.2, 0.25) is 10.0 Å². The molecule has 9 heteroatoms. The number of rotatable bonds is 5. The Bertz CT molecular complexity index is 636. The fourth-order valence-corrected chi connectivity index (χ4v) is 3.82. The number of nitrogens with one attached hydrogen (secondary N) is 1. The molecule has 0 amide bonds. The largest absolute Gasteiger partial charge is 0.395 e. The third kappa shape index (κ3) is 3.87. The molecule has 3 N–H and O–H groups in total. The van der Waals surface area contributed by atoms with Gasteiger partial charge in [-0.05, 0) is 41.3 Å². The highest BCUT2D eigenvalue weighted by Crippen LogP contribution is 2.34. The third-order valence-corrected chi connectivity index (χ3v) is 6.07. The first kappa shape index (κ1) is 17.0. The SMILES string of the molecule is Nc1c(F)c(S(=O)(=O)NCCC2CCCO2)cc(Cl)c1Br. The van der Waals surface area contributed by atoms with Crippen molar-refractivity contribution in [1.29, 1.82) is 0 Å². The Balaban J connectivity index is 2.12. The van der Waals surface area contributed by atoms with Crippen LogP contribution < -0.4 is 10.5 Å². The number of nitrogen functional groups attached to an aromatic ring is 1. The van der Waals surface area contributed by atoms with E-state index in [1.807, 2.05) is 0 Å². The Morgan fingerprint density at radius 1 is 1.57 bits per heavy atom. The fourth-order valence-electron chi connectivity index (χ4n) is 2.10. The molecule has 1 aliphatic rings. The van der Waals surface area contributed by atoms with Crippen molar-refractivity contribution in [2.24, 2.45) is 0 Å². The molecule has 0 radical (unpaired) electrons. The summed E-state index contributed by atoms with van der Waals surface area (Å²) in [7, 11) is -4.01. The topological polar surface area (TPSA) is 81.4 Å². The van der Waals surface area contributed by atoms with Crippen molar-refractivity contribution in [3.8, 4) is 0 Å². The summed E-state index contributed by atoms with van der Waals surface area (Å²) in [5.74, 6) is -1.02. The average Bonchev–Trinajstić information content (AvgIpc) is 2.93. The van der Waals surface area contributed by atoms with Crippen LogP contribution in [0.5, 0.6) is 0 Å². The summed E-state index contributed by atoms with van der Waals surface area (Å²) in [5, 5.41) is 0.0356. The van der Waals surface area contributed by atoms with Crippen LogP contribution in [0.3, 0.4) is 0 Å². The lowest BCUT2D eigenvalue weighted by Gasteiger charge is -2.13. The predicted octanol–water partition coefficient (Wildman–Crippen LogP) is 2.67. The van der Waals surface area contributed by atoms with E-state index < -0.39 is 20.7 Å². The summed E-state index contributed by atoms with van der Waals surface area (Å²) in [6.07, 6.45) is 2.48. The quantitative estimate of drug-likeness (QED) is 0.587. The second kappa shape index (κ2) is 6.78. The number of hydrogen-bond acceptors (Lipinski definition) is 4. The van der Waals surface area contributed by atoms with Crippen molar-refractivity contribution >= 4 is 43.2 Å². The number of anilines is 1. The average molecular weight is 402 g/mol. The van der Waals surface area contributed by atoms with Gasteiger partial charge in [0.15, 0.2) is 5.82 Å². The molecule has 0 spiro atoms. The van der Waals surface area contributed by atoms with E-state index in [0.717, 1.165) is 18.9 Å². The zero-order chi connectivity index (χ0) is 15.6. The van der Waals surface area contributed by atoms with Crippen LogP contribution in [0.25, 0.3) is 0 Å². The second-order valence-corrected chi connectivity index (χ2v) is 7.66. The van der Waals surface area contributed by atoms with Crippen LogP contribution in [-0.2, 0) is 14.8 Å². The highest BCUT2D eigenvalue weighted by molar-refractivity contribution is 9.10. The van der Waals surface area contributed by atoms with Crippen LogP contribution in [0.2, 0.25) is 5.02 Å². The van der Waals surface area contributed by atoms with Crippen LogP contribution >= 0.6 is 27.5 Å². The standard InChI is InChI=1S/C12H15BrClFN2O3S/c13-10-8(14)6-9(11(15)12(10)16)21(18,19)17-4-3-7-2-1-5-20-7/h6-7,17H,1-5,16H2. The summed E-state index contributed by atoms with van der Waals surface area (Å²) in [5.41, 5.74) is 5.16. The molecule has 1 unspecified atom stereocenters. The first-order valence-corrected chi connectivity index (χ1v) is 9.02. The smallest absolute Gasteiger partial charge is 0.243 e. The number of hydrogen-bond donors (Lipinski definition) is 2. The first-order chi connectivity index (χ1) is 9.83. The number of ether oxygens (including phenoxy) is 1. The first-order valence-electron chi connectivity index (χ1n) is 6.37. The van der Waals surface area contributed by atoms with Gasteiger partial charge in [0.05, 0.1) is 21.3 Å². The van der Waals surface area contributed by atoms with Crippen molar-refractivity contribution in [2.45, 2.75) is 30.3 Å². The summed E-state index contributed by atoms with van der Waals surface area (Å²) in [4.78, 5) is -0.555. The van der Waals surface area contributed by atoms with E-state index in [0.29, 0.717) is 13.0 Å². The molecule has 1 saturated heterocycles. The van der Waals surface area contributed by atoms with E-state index in [9.17, 15) is 12.8 Å². The van der Waals surface area contributed by atoms with Gasteiger partial charge in [-0.2, -0.15) is 0 Å². The second-order valence-electron chi connectivity index (χ2n) is 4.72. The number of sulfonamides is 1. The lowest BCUT2D eigenvalue weighted by Crippen LogP contribution is -2.28. The third-order valence-electron chi connectivity index (χ3n) is 3.23. The van der Waals surface area contributed by atoms with Gasteiger partial charge in [-0.3, -0.25) is 0 Å². The van der Waals surface area contributed by atoms with E-state index in [1.54, 1.807) is 0 Å². The molecule has 1 atom stereocenters. The van der Waals surface area contributed by atoms with Gasteiger partial charge in [0.25, 0.3) is 0 Å². The van der Waals surface area contributed by atoms with E-state index in [1.165, 1.54) is 0 Å². The number of halogens is 3. The van der Waals surface area contributed by atoms with Crippen molar-refractivity contribution in [1.82, 2.24) is 4.72 Å². The van der Waals surface area contributed by atoms with Gasteiger partial charge in [-0.25, -0.2) is 17.5 Å². The molecule has 5 nitrogen and oxygen atoms in total. The van der Waals surface area contributed by atoms with E-state index in [4.69, 9.17) is 22.1 Å². The normalized spacial score (nSPS) is 19.1. The van der Waals surface area contributed by atoms with Gasteiger partial charge in [0, 0.05) is 13.2 Å². The van der Waals surface area contributed by atoms with Crippen molar-refractivity contribution in [3.63, 3.8) is 0 Å². The highest BCUT2D eigenvalue weighted by atomic mass is 79.9. The van der Waals surface area contributed by atoms with Gasteiger partial charge in [-0.15, -0.1) is 0 Å². The summed E-state index contributed by atoms with van der Waals surface area (Å²) < 4.78 is 46.1. The maximum Gasteiger partial charge on any atom is 0.243 e. The molecule has 1 aliphatic heterocycles. The van der Waals surface area contributed by atoms with Crippen LogP contribution in [-0.4, -0.2) is 27.7 Å². The molecule has 0 aliphatic carbocycles. The summed E-state index contributed by atoms with van der Waals surface area (Å²) in [6, 6.07) is 1.03. The fraction of sp³-hybridized carbons (Fsp3) is 0.500. The van der Waals surface area contributed by atoms with Gasteiger partial charge in [0.1, 0.15) is 4.90 Å². The van der Waals surface area contributed by atoms with Crippen LogP contribution in [0.1, 0.15) is 19.3 Å². The molecular formula is C12H15BrClFN2O3S. The lowest BCUT2D eigenvalue weighted by atomic mass is 10.2. The van der Waals surface area contributed by atoms with Crippen LogP contribution in [0, 0.1) is 5.82 Å². The van der Waals surface area contributed by atoms with Crippen molar-refractivity contribution in [3.05, 3.63) is 21.4 Å². The lowest BCUT2D eigenvalue weighted by molar-refractivity contribution is 0.105. The Morgan fingerprint density at radius 3 is 2.90 bits per heavy atom. The molecule has 0 bridgehead atoms. The minimum Gasteiger partial charge on any atom is -0.395 e. The van der Waals surface area contributed by atoms with Crippen LogP contribution in [0.15, 0.2) is 15.4 Å². The molecule has 0 aromatic heterocycles. The van der Waals surface area contributed by atoms with E-state index in [-0.39, 0.29) is 27.8 Å². The zero-order valence-electron chi connectivity index (χ0n) is 11.0. The maximum absolute atomic E-state index is 14.0. The predicted molar refractivity (Wildman–Crippen MR) is 82.3 cm³/mol. The minimum atomic E-state index is -4.01. The van der Waals surface area contributed by atoms with Crippen molar-refractivity contribution in [2.75, 3.05) is 18.9 Å². The Hall–Kier alpha value is -0.410. The number of nitrogens with two attached hydrogens (primary N) is 1. The zero-order valence-corrected chi connectivity index (χ0v) is 14.2. The Kier molecular flexibility index (Phi) is 5.48. The van der Waals surface area contributed by atoms with Crippen molar-refractivity contribution < 1.29 is 17.5 Å². The summed E-state index contributed by atoms with van der Waals surface area (Å²) >= 11 is 8.83. The molecule has 0 saturated carbocycles. The Morgan fingerprint density at radius 2 is 2.29 bits per heavy atom. The van der Waals surface area contributed by atoms with Gasteiger partial charge >= 0.3 is 0 Å². The number of benzene rings is 1. The molecule has 1 heterocycles. The molecule has 1 fully saturated rings. The van der Waals surface area contributed by atoms with Crippen LogP contribution in [0.4, 0.5) is 10.1 Å². The molecule has 21 heavy (non-hydrogen) atoms. The summed E-state index contributed by atoms with van der Waals surface area (Å²) in [6.45, 7) is 0.866. The van der Waals surface area contributed by atoms with E-state index >= 15 is 0 Å². The van der Waals surface area contributed by atoms with Gasteiger partial charge in [-0.1, -0.05) is 11.6 Å².